The van der Waals surface area contributed by atoms with E-state index in [1.54, 1.807) is 6.92 Å². The van der Waals surface area contributed by atoms with Gasteiger partial charge in [0, 0.05) is 31.3 Å². The molecule has 31 heavy (non-hydrogen) atoms. The SMILES string of the molecule is CC[C@H]1O[C@@H](n2cc(C)c(=O)[nH]c2=O)CC1OC(=O)OCCN(C)Cc1ccccc1. The molecular formula is C22H29N3O6. The Balaban J connectivity index is 1.49. The minimum atomic E-state index is -0.759. The van der Waals surface area contributed by atoms with Crippen LogP contribution >= 0.6 is 0 Å². The van der Waals surface area contributed by atoms with Crippen molar-refractivity contribution in [2.45, 2.75) is 51.7 Å². The van der Waals surface area contributed by atoms with Gasteiger partial charge in [0.15, 0.2) is 0 Å². The number of hydrogen-bond donors (Lipinski definition) is 1. The summed E-state index contributed by atoms with van der Waals surface area (Å²) in [6, 6.07) is 10.0. The lowest BCUT2D eigenvalue weighted by molar-refractivity contribution is -0.0380. The van der Waals surface area contributed by atoms with E-state index >= 15 is 0 Å². The van der Waals surface area contributed by atoms with Crippen molar-refractivity contribution in [3.05, 3.63) is 68.5 Å². The van der Waals surface area contributed by atoms with Crippen LogP contribution in [0.2, 0.25) is 0 Å². The molecule has 0 radical (unpaired) electrons. The van der Waals surface area contributed by atoms with E-state index in [4.69, 9.17) is 14.2 Å². The molecule has 0 saturated carbocycles. The molecule has 0 amide bonds. The third-order valence-electron chi connectivity index (χ3n) is 5.27. The summed E-state index contributed by atoms with van der Waals surface area (Å²) in [5, 5.41) is 0. The highest BCUT2D eigenvalue weighted by molar-refractivity contribution is 5.60. The van der Waals surface area contributed by atoms with Crippen LogP contribution in [0.3, 0.4) is 0 Å². The number of ether oxygens (including phenoxy) is 3. The van der Waals surface area contributed by atoms with Gasteiger partial charge in [-0.15, -0.1) is 0 Å². The van der Waals surface area contributed by atoms with Gasteiger partial charge in [-0.2, -0.15) is 0 Å². The van der Waals surface area contributed by atoms with Gasteiger partial charge in [0.05, 0.1) is 6.10 Å². The monoisotopic (exact) mass is 431 g/mol. The fourth-order valence-corrected chi connectivity index (χ4v) is 3.57. The number of benzene rings is 1. The molecule has 9 heteroatoms. The summed E-state index contributed by atoms with van der Waals surface area (Å²) < 4.78 is 17.9. The maximum absolute atomic E-state index is 12.2. The molecule has 1 unspecified atom stereocenters. The fraction of sp³-hybridized carbons (Fsp3) is 0.500. The number of carbonyl (C=O) groups is 1. The largest absolute Gasteiger partial charge is 0.508 e. The molecule has 0 bridgehead atoms. The van der Waals surface area contributed by atoms with Gasteiger partial charge in [-0.05, 0) is 26.0 Å². The highest BCUT2D eigenvalue weighted by atomic mass is 16.7. The van der Waals surface area contributed by atoms with Crippen molar-refractivity contribution in [1.29, 1.82) is 0 Å². The molecule has 1 fully saturated rings. The second-order valence-electron chi connectivity index (χ2n) is 7.73. The number of hydrogen-bond acceptors (Lipinski definition) is 7. The zero-order valence-corrected chi connectivity index (χ0v) is 18.1. The van der Waals surface area contributed by atoms with Crippen LogP contribution in [0.15, 0.2) is 46.1 Å². The zero-order chi connectivity index (χ0) is 22.4. The van der Waals surface area contributed by atoms with E-state index in [0.29, 0.717) is 24.9 Å². The fourth-order valence-electron chi connectivity index (χ4n) is 3.57. The summed E-state index contributed by atoms with van der Waals surface area (Å²) in [6.45, 7) is 5.05. The van der Waals surface area contributed by atoms with E-state index in [1.165, 1.54) is 16.3 Å². The van der Waals surface area contributed by atoms with Gasteiger partial charge in [0.25, 0.3) is 5.56 Å². The topological polar surface area (TPSA) is 103 Å². The third kappa shape index (κ3) is 6.05. The summed E-state index contributed by atoms with van der Waals surface area (Å²) >= 11 is 0. The Hall–Kier alpha value is -2.91. The number of likely N-dealkylation sites (N-methyl/N-ethyl adjacent to an activating group) is 1. The maximum atomic E-state index is 12.2. The Bertz CT molecular complexity index is 987. The molecule has 9 nitrogen and oxygen atoms in total. The van der Waals surface area contributed by atoms with Gasteiger partial charge in [0.2, 0.25) is 0 Å². The smallest absolute Gasteiger partial charge is 0.433 e. The van der Waals surface area contributed by atoms with Crippen molar-refractivity contribution in [1.82, 2.24) is 14.5 Å². The molecule has 3 rings (SSSR count). The first-order chi connectivity index (χ1) is 14.9. The van der Waals surface area contributed by atoms with Gasteiger partial charge in [0.1, 0.15) is 18.9 Å². The summed E-state index contributed by atoms with van der Waals surface area (Å²) in [6.07, 6.45) is 0.0785. The van der Waals surface area contributed by atoms with E-state index < -0.39 is 29.7 Å². The van der Waals surface area contributed by atoms with Gasteiger partial charge < -0.3 is 14.2 Å². The quantitative estimate of drug-likeness (QED) is 0.639. The molecule has 0 spiro atoms. The lowest BCUT2D eigenvalue weighted by Crippen LogP contribution is -2.33. The van der Waals surface area contributed by atoms with Crippen molar-refractivity contribution < 1.29 is 19.0 Å². The minimum absolute atomic E-state index is 0.203. The van der Waals surface area contributed by atoms with Crippen LogP contribution in [0, 0.1) is 6.92 Å². The Morgan fingerprint density at radius 3 is 2.74 bits per heavy atom. The second-order valence-corrected chi connectivity index (χ2v) is 7.73. The van der Waals surface area contributed by atoms with Crippen LogP contribution < -0.4 is 11.2 Å². The van der Waals surface area contributed by atoms with Crippen LogP contribution in [0.1, 0.15) is 37.1 Å². The molecular weight excluding hydrogens is 402 g/mol. The molecule has 1 aliphatic rings. The van der Waals surface area contributed by atoms with Gasteiger partial charge >= 0.3 is 11.8 Å². The highest BCUT2D eigenvalue weighted by Gasteiger charge is 2.38. The van der Waals surface area contributed by atoms with Crippen molar-refractivity contribution >= 4 is 6.16 Å². The lowest BCUT2D eigenvalue weighted by atomic mass is 10.1. The van der Waals surface area contributed by atoms with Gasteiger partial charge in [-0.25, -0.2) is 9.59 Å². The summed E-state index contributed by atoms with van der Waals surface area (Å²) in [5.74, 6) is 0. The van der Waals surface area contributed by atoms with Crippen molar-refractivity contribution in [2.75, 3.05) is 20.2 Å². The number of carbonyl (C=O) groups excluding carboxylic acids is 1. The van der Waals surface area contributed by atoms with Gasteiger partial charge in [-0.3, -0.25) is 19.2 Å². The van der Waals surface area contributed by atoms with Crippen LogP contribution in [0.5, 0.6) is 0 Å². The lowest BCUT2D eigenvalue weighted by Gasteiger charge is -2.19. The molecule has 1 aliphatic heterocycles. The molecule has 3 atom stereocenters. The molecule has 1 aromatic heterocycles. The summed E-state index contributed by atoms with van der Waals surface area (Å²) in [7, 11) is 1.95. The standard InChI is InChI=1S/C22H29N3O6/c1-4-17-18(12-19(30-17)25-13-15(2)20(26)23-21(25)27)31-22(28)29-11-10-24(3)14-16-8-6-5-7-9-16/h5-9,13,17-19H,4,10-12,14H2,1-3H3,(H,23,26,27)/t17-,18?,19-/m1/s1. The van der Waals surface area contributed by atoms with E-state index in [0.717, 1.165) is 6.54 Å². The predicted molar refractivity (Wildman–Crippen MR) is 114 cm³/mol. The van der Waals surface area contributed by atoms with Crippen molar-refractivity contribution in [3.63, 3.8) is 0 Å². The first-order valence-electron chi connectivity index (χ1n) is 10.4. The van der Waals surface area contributed by atoms with Crippen LogP contribution in [-0.4, -0.2) is 53.0 Å². The van der Waals surface area contributed by atoms with Crippen molar-refractivity contribution in [2.24, 2.45) is 0 Å². The first kappa shape index (κ1) is 22.8. The van der Waals surface area contributed by atoms with Crippen LogP contribution in [0.4, 0.5) is 4.79 Å². The second kappa shape index (κ2) is 10.4. The molecule has 0 aliphatic carbocycles. The normalized spacial score (nSPS) is 20.7. The Morgan fingerprint density at radius 2 is 2.03 bits per heavy atom. The summed E-state index contributed by atoms with van der Waals surface area (Å²) in [4.78, 5) is 40.2. The Morgan fingerprint density at radius 1 is 1.29 bits per heavy atom. The zero-order valence-electron chi connectivity index (χ0n) is 18.1. The number of nitrogens with zero attached hydrogens (tertiary/aromatic N) is 2. The molecule has 168 valence electrons. The van der Waals surface area contributed by atoms with Crippen LogP contribution in [0.25, 0.3) is 0 Å². The van der Waals surface area contributed by atoms with E-state index in [-0.39, 0.29) is 12.7 Å². The minimum Gasteiger partial charge on any atom is -0.433 e. The average molecular weight is 431 g/mol. The molecule has 1 N–H and O–H groups in total. The third-order valence-corrected chi connectivity index (χ3v) is 5.27. The predicted octanol–water partition coefficient (Wildman–Crippen LogP) is 2.20. The number of aryl methyl sites for hydroxylation is 1. The van der Waals surface area contributed by atoms with Gasteiger partial charge in [-0.1, -0.05) is 37.3 Å². The van der Waals surface area contributed by atoms with E-state index in [1.807, 2.05) is 44.3 Å². The molecule has 1 aromatic carbocycles. The number of nitrogens with one attached hydrogen (secondary N) is 1. The summed E-state index contributed by atoms with van der Waals surface area (Å²) in [5.41, 5.74) is 0.597. The first-order valence-corrected chi connectivity index (χ1v) is 10.4. The number of aromatic amines is 1. The number of H-pyrrole nitrogens is 1. The van der Waals surface area contributed by atoms with E-state index in [9.17, 15) is 14.4 Å². The number of aromatic nitrogens is 2. The van der Waals surface area contributed by atoms with Crippen molar-refractivity contribution in [3.8, 4) is 0 Å². The maximum Gasteiger partial charge on any atom is 0.508 e. The van der Waals surface area contributed by atoms with E-state index in [2.05, 4.69) is 9.88 Å². The molecule has 2 aromatic rings. The highest BCUT2D eigenvalue weighted by Crippen LogP contribution is 2.31. The number of rotatable bonds is 8. The molecule has 1 saturated heterocycles. The Labute approximate surface area is 180 Å². The molecule has 2 heterocycles. The van der Waals surface area contributed by atoms with Crippen LogP contribution in [-0.2, 0) is 20.8 Å². The Kier molecular flexibility index (Phi) is 7.64. The average Bonchev–Trinajstić information content (AvgIpc) is 3.13.